The molecule has 2 rings (SSSR count). The summed E-state index contributed by atoms with van der Waals surface area (Å²) in [5.41, 5.74) is 19.2. The van der Waals surface area contributed by atoms with Gasteiger partial charge < -0.3 is 31.8 Å². The second kappa shape index (κ2) is 9.15. The van der Waals surface area contributed by atoms with Gasteiger partial charge in [0.05, 0.1) is 30.6 Å². The summed E-state index contributed by atoms with van der Waals surface area (Å²) in [5.74, 6) is 0. The summed E-state index contributed by atoms with van der Waals surface area (Å²) < 4.78 is 5.48. The third kappa shape index (κ3) is 4.78. The molecule has 2 aliphatic rings. The maximum Gasteiger partial charge on any atom is 0.119 e. The molecule has 0 saturated carbocycles. The second-order valence-electron chi connectivity index (χ2n) is 6.53. The first-order chi connectivity index (χ1) is 11.6. The number of ether oxygens (including phenoxy) is 1. The first-order valence-corrected chi connectivity index (χ1v) is 9.15. The number of hydrogen-bond acceptors (Lipinski definition) is 7. The molecule has 3 unspecified atom stereocenters. The molecule has 7 nitrogen and oxygen atoms in total. The van der Waals surface area contributed by atoms with E-state index in [-0.39, 0.29) is 12.2 Å². The molecule has 0 aromatic heterocycles. The Morgan fingerprint density at radius 2 is 2.25 bits per heavy atom. The summed E-state index contributed by atoms with van der Waals surface area (Å²) in [6, 6.07) is 0.640. The number of hydrazine groups is 1. The molecule has 2 heterocycles. The molecule has 0 radical (unpaired) electrons. The maximum atomic E-state index is 6.46. The lowest BCUT2D eigenvalue weighted by atomic mass is 10.1. The Bertz CT molecular complexity index is 464. The number of nitrogens with one attached hydrogen (secondary N) is 3. The van der Waals surface area contributed by atoms with Crippen molar-refractivity contribution in [1.29, 1.82) is 0 Å². The van der Waals surface area contributed by atoms with Gasteiger partial charge in [-0.05, 0) is 39.5 Å². The largest absolute Gasteiger partial charge is 0.399 e. The molecule has 0 aromatic carbocycles. The van der Waals surface area contributed by atoms with Crippen molar-refractivity contribution in [3.63, 3.8) is 0 Å². The van der Waals surface area contributed by atoms with E-state index in [1.165, 1.54) is 6.42 Å². The van der Waals surface area contributed by atoms with E-state index in [0.717, 1.165) is 42.9 Å². The third-order valence-corrected chi connectivity index (χ3v) is 4.61. The van der Waals surface area contributed by atoms with Gasteiger partial charge >= 0.3 is 0 Å². The topological polar surface area (TPSA) is 101 Å². The van der Waals surface area contributed by atoms with E-state index in [0.29, 0.717) is 19.3 Å². The Balaban J connectivity index is 2.04. The molecule has 0 spiro atoms. The van der Waals surface area contributed by atoms with Gasteiger partial charge in [0.1, 0.15) is 6.17 Å². The van der Waals surface area contributed by atoms with Crippen LogP contribution in [0.4, 0.5) is 0 Å². The summed E-state index contributed by atoms with van der Waals surface area (Å²) in [7, 11) is 0. The summed E-state index contributed by atoms with van der Waals surface area (Å²) >= 11 is 0. The molecular formula is C17H34N6O. The molecule has 0 aromatic rings. The Kier molecular flexibility index (Phi) is 7.20. The van der Waals surface area contributed by atoms with Crippen LogP contribution in [-0.4, -0.2) is 43.0 Å². The van der Waals surface area contributed by atoms with Crippen LogP contribution in [0.15, 0.2) is 23.3 Å². The zero-order chi connectivity index (χ0) is 17.5. The average Bonchev–Trinajstić information content (AvgIpc) is 2.73. The van der Waals surface area contributed by atoms with Crippen molar-refractivity contribution >= 4 is 0 Å². The molecule has 7 heteroatoms. The molecular weight excluding hydrogens is 304 g/mol. The van der Waals surface area contributed by atoms with Crippen LogP contribution in [0.3, 0.4) is 0 Å². The fourth-order valence-corrected chi connectivity index (χ4v) is 3.18. The summed E-state index contributed by atoms with van der Waals surface area (Å²) in [6.07, 6.45) is 5.96. The van der Waals surface area contributed by atoms with Gasteiger partial charge in [-0.3, -0.25) is 0 Å². The van der Waals surface area contributed by atoms with Crippen molar-refractivity contribution < 1.29 is 4.74 Å². The normalized spacial score (nSPS) is 26.0. The zero-order valence-corrected chi connectivity index (χ0v) is 15.3. The van der Waals surface area contributed by atoms with E-state index in [1.54, 1.807) is 0 Å². The number of nitrogens with zero attached hydrogens (tertiary/aromatic N) is 1. The smallest absolute Gasteiger partial charge is 0.119 e. The van der Waals surface area contributed by atoms with Crippen LogP contribution in [0.5, 0.6) is 0 Å². The van der Waals surface area contributed by atoms with Gasteiger partial charge in [-0.2, -0.15) is 0 Å². The van der Waals surface area contributed by atoms with Crippen molar-refractivity contribution in [3.05, 3.63) is 23.3 Å². The van der Waals surface area contributed by atoms with E-state index in [1.807, 2.05) is 11.9 Å². The summed E-state index contributed by atoms with van der Waals surface area (Å²) in [6.45, 7) is 8.39. The number of hydrogen-bond donors (Lipinski definition) is 5. The lowest BCUT2D eigenvalue weighted by Crippen LogP contribution is -2.47. The zero-order valence-electron chi connectivity index (χ0n) is 15.3. The minimum atomic E-state index is -0.336. The highest BCUT2D eigenvalue weighted by Crippen LogP contribution is 2.21. The van der Waals surface area contributed by atoms with E-state index in [2.05, 4.69) is 36.1 Å². The van der Waals surface area contributed by atoms with Crippen molar-refractivity contribution in [2.45, 2.75) is 64.7 Å². The molecule has 24 heavy (non-hydrogen) atoms. The van der Waals surface area contributed by atoms with Crippen LogP contribution < -0.4 is 27.5 Å². The van der Waals surface area contributed by atoms with Crippen LogP contribution in [0, 0.1) is 0 Å². The Labute approximate surface area is 145 Å². The third-order valence-electron chi connectivity index (χ3n) is 4.61. The van der Waals surface area contributed by atoms with Crippen LogP contribution >= 0.6 is 0 Å². The number of nitrogens with two attached hydrogens (primary N) is 2. The SMILES string of the molecule is CCOCCN1NC(CC)C(N)=C1C(N)NC1=CNC(C)CCC1. The van der Waals surface area contributed by atoms with Crippen molar-refractivity contribution in [1.82, 2.24) is 21.1 Å². The lowest BCUT2D eigenvalue weighted by molar-refractivity contribution is 0.106. The highest BCUT2D eigenvalue weighted by molar-refractivity contribution is 5.26. The van der Waals surface area contributed by atoms with E-state index >= 15 is 0 Å². The van der Waals surface area contributed by atoms with Gasteiger partial charge in [0.2, 0.25) is 0 Å². The second-order valence-corrected chi connectivity index (χ2v) is 6.53. The molecule has 0 aliphatic carbocycles. The lowest BCUT2D eigenvalue weighted by Gasteiger charge is -2.28. The van der Waals surface area contributed by atoms with Crippen LogP contribution in [0.1, 0.15) is 46.5 Å². The first kappa shape index (κ1) is 18.9. The van der Waals surface area contributed by atoms with Gasteiger partial charge in [0, 0.05) is 24.5 Å². The van der Waals surface area contributed by atoms with E-state index in [9.17, 15) is 0 Å². The van der Waals surface area contributed by atoms with Crippen LogP contribution in [-0.2, 0) is 4.74 Å². The quantitative estimate of drug-likeness (QED) is 0.327. The summed E-state index contributed by atoms with van der Waals surface area (Å²) in [5, 5.41) is 8.88. The molecule has 7 N–H and O–H groups in total. The molecule has 0 fully saturated rings. The minimum Gasteiger partial charge on any atom is -0.399 e. The van der Waals surface area contributed by atoms with Crippen molar-refractivity contribution in [2.24, 2.45) is 11.5 Å². The first-order valence-electron chi connectivity index (χ1n) is 9.15. The molecule has 138 valence electrons. The van der Waals surface area contributed by atoms with Crippen LogP contribution in [0.2, 0.25) is 0 Å². The van der Waals surface area contributed by atoms with Crippen molar-refractivity contribution in [3.8, 4) is 0 Å². The fraction of sp³-hybridized carbons (Fsp3) is 0.765. The molecule has 0 bridgehead atoms. The Morgan fingerprint density at radius 1 is 1.46 bits per heavy atom. The van der Waals surface area contributed by atoms with Gasteiger partial charge in [-0.25, -0.2) is 5.43 Å². The highest BCUT2D eigenvalue weighted by atomic mass is 16.5. The van der Waals surface area contributed by atoms with Crippen molar-refractivity contribution in [2.75, 3.05) is 19.8 Å². The maximum absolute atomic E-state index is 6.46. The summed E-state index contributed by atoms with van der Waals surface area (Å²) in [4.78, 5) is 0. The molecule has 0 saturated heterocycles. The fourth-order valence-electron chi connectivity index (χ4n) is 3.18. The Hall–Kier alpha value is -1.44. The van der Waals surface area contributed by atoms with E-state index < -0.39 is 0 Å². The molecule has 2 aliphatic heterocycles. The Morgan fingerprint density at radius 3 is 2.96 bits per heavy atom. The van der Waals surface area contributed by atoms with Gasteiger partial charge in [0.25, 0.3) is 0 Å². The minimum absolute atomic E-state index is 0.135. The molecule has 3 atom stereocenters. The van der Waals surface area contributed by atoms with Crippen LogP contribution in [0.25, 0.3) is 0 Å². The van der Waals surface area contributed by atoms with E-state index in [4.69, 9.17) is 16.2 Å². The van der Waals surface area contributed by atoms with Gasteiger partial charge in [0.15, 0.2) is 0 Å². The van der Waals surface area contributed by atoms with Gasteiger partial charge in [-0.15, -0.1) is 0 Å². The standard InChI is InChI=1S/C17H34N6O/c1-4-14-15(18)16(23(22-14)9-10-24-5-2)17(19)21-13-8-6-7-12(3)20-11-13/h11-12,14,17,20-22H,4-10,18-19H2,1-3H3. The highest BCUT2D eigenvalue weighted by Gasteiger charge is 2.31. The predicted octanol–water partition coefficient (Wildman–Crippen LogP) is 0.670. The number of allylic oxidation sites excluding steroid dienone is 1. The monoisotopic (exact) mass is 338 g/mol. The average molecular weight is 339 g/mol. The number of rotatable bonds is 8. The van der Waals surface area contributed by atoms with Gasteiger partial charge in [-0.1, -0.05) is 6.92 Å². The molecule has 0 amide bonds. The predicted molar refractivity (Wildman–Crippen MR) is 97.3 cm³/mol.